The summed E-state index contributed by atoms with van der Waals surface area (Å²) in [5.74, 6) is -0.0687. The Morgan fingerprint density at radius 2 is 1.59 bits per heavy atom. The number of para-hydroxylation sites is 1. The van der Waals surface area contributed by atoms with Gasteiger partial charge in [-0.2, -0.15) is 0 Å². The number of carbonyl (C=O) groups excluding carboxylic acids is 1. The molecule has 29 heavy (non-hydrogen) atoms. The molecule has 4 nitrogen and oxygen atoms in total. The predicted octanol–water partition coefficient (Wildman–Crippen LogP) is 6.58. The van der Waals surface area contributed by atoms with Gasteiger partial charge < -0.3 is 15.4 Å². The molecule has 0 bridgehead atoms. The largest absolute Gasteiger partial charge is 0.481 e. The van der Waals surface area contributed by atoms with E-state index in [1.54, 1.807) is 24.3 Å². The molecule has 0 saturated heterocycles. The van der Waals surface area contributed by atoms with E-state index in [9.17, 15) is 4.79 Å². The van der Waals surface area contributed by atoms with Crippen molar-refractivity contribution in [2.45, 2.75) is 13.5 Å². The Morgan fingerprint density at radius 3 is 2.24 bits per heavy atom. The third-order valence-electron chi connectivity index (χ3n) is 4.13. The summed E-state index contributed by atoms with van der Waals surface area (Å²) < 4.78 is 5.54. The molecule has 0 radical (unpaired) electrons. The third-order valence-corrected chi connectivity index (χ3v) is 5.10. The van der Waals surface area contributed by atoms with Gasteiger partial charge in [-0.25, -0.2) is 0 Å². The predicted molar refractivity (Wildman–Crippen MR) is 121 cm³/mol. The van der Waals surface area contributed by atoms with E-state index in [4.69, 9.17) is 39.5 Å². The number of aryl methyl sites for hydroxylation is 1. The van der Waals surface area contributed by atoms with Crippen LogP contribution in [0.15, 0.2) is 60.7 Å². The monoisotopic (exact) mass is 448 g/mol. The number of benzene rings is 3. The quantitative estimate of drug-likeness (QED) is 0.428. The number of amides is 1. The van der Waals surface area contributed by atoms with Crippen LogP contribution in [0.1, 0.15) is 11.1 Å². The summed E-state index contributed by atoms with van der Waals surface area (Å²) in [7, 11) is 0. The summed E-state index contributed by atoms with van der Waals surface area (Å²) >= 11 is 18.7. The first kappa shape index (κ1) is 21.3. The van der Waals surface area contributed by atoms with E-state index < -0.39 is 0 Å². The molecular formula is C22H19Cl3N2O2. The Morgan fingerprint density at radius 1 is 0.897 bits per heavy atom. The number of rotatable bonds is 7. The average Bonchev–Trinajstić information content (AvgIpc) is 2.69. The Bertz CT molecular complexity index is 987. The van der Waals surface area contributed by atoms with Gasteiger partial charge in [-0.15, -0.1) is 0 Å². The van der Waals surface area contributed by atoms with Crippen LogP contribution in [0.3, 0.4) is 0 Å². The van der Waals surface area contributed by atoms with Gasteiger partial charge in [0.2, 0.25) is 0 Å². The number of hydrogen-bond donors (Lipinski definition) is 2. The third kappa shape index (κ3) is 6.04. The molecule has 0 saturated carbocycles. The van der Waals surface area contributed by atoms with Crippen LogP contribution in [0.2, 0.25) is 15.1 Å². The molecule has 7 heteroatoms. The molecule has 0 aromatic heterocycles. The number of hydrogen-bond acceptors (Lipinski definition) is 3. The molecule has 0 aliphatic rings. The zero-order valence-corrected chi connectivity index (χ0v) is 17.9. The molecule has 0 aliphatic heterocycles. The van der Waals surface area contributed by atoms with Crippen LogP contribution in [0.4, 0.5) is 11.4 Å². The van der Waals surface area contributed by atoms with Crippen LogP contribution in [0.5, 0.6) is 5.75 Å². The van der Waals surface area contributed by atoms with Gasteiger partial charge in [0.15, 0.2) is 12.4 Å². The molecule has 0 unspecified atom stereocenters. The first-order valence-electron chi connectivity index (χ1n) is 8.88. The number of anilines is 2. The van der Waals surface area contributed by atoms with Crippen molar-refractivity contribution in [1.29, 1.82) is 0 Å². The van der Waals surface area contributed by atoms with E-state index in [2.05, 4.69) is 10.6 Å². The summed E-state index contributed by atoms with van der Waals surface area (Å²) in [6, 6.07) is 18.6. The average molecular weight is 450 g/mol. The number of halogens is 3. The van der Waals surface area contributed by atoms with E-state index in [1.165, 1.54) is 0 Å². The van der Waals surface area contributed by atoms with E-state index in [0.717, 1.165) is 16.8 Å². The smallest absolute Gasteiger partial charge is 0.262 e. The highest BCUT2D eigenvalue weighted by Crippen LogP contribution is 2.34. The van der Waals surface area contributed by atoms with Crippen molar-refractivity contribution >= 4 is 52.1 Å². The Kier molecular flexibility index (Phi) is 7.26. The molecule has 0 spiro atoms. The highest BCUT2D eigenvalue weighted by atomic mass is 35.5. The van der Waals surface area contributed by atoms with Gasteiger partial charge in [0.25, 0.3) is 5.91 Å². The summed E-state index contributed by atoms with van der Waals surface area (Å²) in [6.45, 7) is 2.21. The van der Waals surface area contributed by atoms with Gasteiger partial charge in [0, 0.05) is 22.9 Å². The maximum absolute atomic E-state index is 12.2. The van der Waals surface area contributed by atoms with Crippen molar-refractivity contribution in [2.24, 2.45) is 0 Å². The lowest BCUT2D eigenvalue weighted by Crippen LogP contribution is -2.20. The Hall–Kier alpha value is -2.40. The molecule has 3 aromatic carbocycles. The standard InChI is InChI=1S/C22H19Cl3N2O2/c1-14-7-8-17(11-18(14)23)27-21(28)13-29-22-19(24)9-15(10-20(22)25)12-26-16-5-3-2-4-6-16/h2-11,26H,12-13H2,1H3,(H,27,28). The lowest BCUT2D eigenvalue weighted by molar-refractivity contribution is -0.118. The van der Waals surface area contributed by atoms with Crippen LogP contribution in [-0.4, -0.2) is 12.5 Å². The number of nitrogens with one attached hydrogen (secondary N) is 2. The summed E-state index contributed by atoms with van der Waals surface area (Å²) in [4.78, 5) is 12.2. The van der Waals surface area contributed by atoms with Gasteiger partial charge >= 0.3 is 0 Å². The highest BCUT2D eigenvalue weighted by Gasteiger charge is 2.12. The van der Waals surface area contributed by atoms with Gasteiger partial charge in [-0.1, -0.05) is 59.1 Å². The number of ether oxygens (including phenoxy) is 1. The molecule has 3 rings (SSSR count). The van der Waals surface area contributed by atoms with E-state index in [1.807, 2.05) is 43.3 Å². The first-order chi connectivity index (χ1) is 13.9. The van der Waals surface area contributed by atoms with Crippen molar-refractivity contribution < 1.29 is 9.53 Å². The maximum atomic E-state index is 12.2. The maximum Gasteiger partial charge on any atom is 0.262 e. The summed E-state index contributed by atoms with van der Waals surface area (Å²) in [5.41, 5.74) is 3.41. The molecule has 0 atom stereocenters. The molecule has 0 fully saturated rings. The molecule has 1 amide bonds. The van der Waals surface area contributed by atoms with Crippen molar-refractivity contribution in [1.82, 2.24) is 0 Å². The zero-order valence-electron chi connectivity index (χ0n) is 15.6. The van der Waals surface area contributed by atoms with Gasteiger partial charge in [-0.05, 0) is 54.4 Å². The van der Waals surface area contributed by atoms with Crippen molar-refractivity contribution in [3.63, 3.8) is 0 Å². The lowest BCUT2D eigenvalue weighted by atomic mass is 10.2. The van der Waals surface area contributed by atoms with Crippen LogP contribution in [-0.2, 0) is 11.3 Å². The van der Waals surface area contributed by atoms with Crippen LogP contribution in [0, 0.1) is 6.92 Å². The molecule has 0 aliphatic carbocycles. The molecule has 3 aromatic rings. The summed E-state index contributed by atoms with van der Waals surface area (Å²) in [6.07, 6.45) is 0. The summed E-state index contributed by atoms with van der Waals surface area (Å²) in [5, 5.41) is 7.27. The van der Waals surface area contributed by atoms with E-state index >= 15 is 0 Å². The minimum Gasteiger partial charge on any atom is -0.481 e. The Balaban J connectivity index is 1.58. The van der Waals surface area contributed by atoms with Crippen LogP contribution >= 0.6 is 34.8 Å². The van der Waals surface area contributed by atoms with Gasteiger partial charge in [0.05, 0.1) is 10.0 Å². The minimum atomic E-state index is -0.341. The first-order valence-corrected chi connectivity index (χ1v) is 10.0. The van der Waals surface area contributed by atoms with Crippen molar-refractivity contribution in [2.75, 3.05) is 17.2 Å². The Labute approximate surface area is 184 Å². The lowest BCUT2D eigenvalue weighted by Gasteiger charge is -2.13. The molecule has 0 heterocycles. The topological polar surface area (TPSA) is 50.4 Å². The minimum absolute atomic E-state index is 0.230. The van der Waals surface area contributed by atoms with Gasteiger partial charge in [0.1, 0.15) is 0 Å². The van der Waals surface area contributed by atoms with Crippen LogP contribution in [0.25, 0.3) is 0 Å². The highest BCUT2D eigenvalue weighted by molar-refractivity contribution is 6.37. The molecule has 150 valence electrons. The second-order valence-electron chi connectivity index (χ2n) is 6.41. The SMILES string of the molecule is Cc1ccc(NC(=O)COc2c(Cl)cc(CNc3ccccc3)cc2Cl)cc1Cl. The fourth-order valence-electron chi connectivity index (χ4n) is 2.62. The van der Waals surface area contributed by atoms with Crippen molar-refractivity contribution in [3.8, 4) is 5.75 Å². The second kappa shape index (κ2) is 9.88. The molecular weight excluding hydrogens is 431 g/mol. The van der Waals surface area contributed by atoms with E-state index in [-0.39, 0.29) is 18.3 Å². The fourth-order valence-corrected chi connectivity index (χ4v) is 3.44. The van der Waals surface area contributed by atoms with E-state index in [0.29, 0.717) is 27.3 Å². The second-order valence-corrected chi connectivity index (χ2v) is 7.63. The van der Waals surface area contributed by atoms with Crippen molar-refractivity contribution in [3.05, 3.63) is 86.9 Å². The fraction of sp³-hybridized carbons (Fsp3) is 0.136. The number of carbonyl (C=O) groups is 1. The van der Waals surface area contributed by atoms with Crippen LogP contribution < -0.4 is 15.4 Å². The normalized spacial score (nSPS) is 10.5. The molecule has 2 N–H and O–H groups in total. The zero-order chi connectivity index (χ0) is 20.8. The van der Waals surface area contributed by atoms with Gasteiger partial charge in [-0.3, -0.25) is 4.79 Å².